The van der Waals surface area contributed by atoms with E-state index in [0.717, 1.165) is 19.3 Å². The molecule has 41 heavy (non-hydrogen) atoms. The summed E-state index contributed by atoms with van der Waals surface area (Å²) in [7, 11) is 1.30. The minimum absolute atomic E-state index is 0.0360. The number of fused-ring (bicyclic) bond motifs is 7. The van der Waals surface area contributed by atoms with Gasteiger partial charge in [0.1, 0.15) is 6.10 Å². The lowest BCUT2D eigenvalue weighted by Gasteiger charge is -2.73. The van der Waals surface area contributed by atoms with Crippen molar-refractivity contribution in [3.05, 3.63) is 11.6 Å². The van der Waals surface area contributed by atoms with Crippen molar-refractivity contribution in [3.8, 4) is 0 Å². The Balaban J connectivity index is 1.75. The number of rotatable bonds is 4. The van der Waals surface area contributed by atoms with Gasteiger partial charge in [-0.25, -0.2) is 4.79 Å². The van der Waals surface area contributed by atoms with Crippen LogP contribution in [-0.2, 0) is 33.3 Å². The highest BCUT2D eigenvalue weighted by molar-refractivity contribution is 5.91. The largest absolute Gasteiger partial charge is 0.466 e. The van der Waals surface area contributed by atoms with Crippen molar-refractivity contribution in [2.75, 3.05) is 20.3 Å². The molecule has 0 bridgehead atoms. The molecule has 2 N–H and O–H groups in total. The maximum atomic E-state index is 13.3. The van der Waals surface area contributed by atoms with Gasteiger partial charge in [-0.15, -0.1) is 0 Å². The molecule has 1 aliphatic heterocycles. The first-order chi connectivity index (χ1) is 19.0. The summed E-state index contributed by atoms with van der Waals surface area (Å²) in [6.07, 6.45) is 2.46. The Kier molecular flexibility index (Phi) is 7.27. The fourth-order valence-electron chi connectivity index (χ4n) is 11.0. The Morgan fingerprint density at radius 2 is 1.61 bits per heavy atom. The summed E-state index contributed by atoms with van der Waals surface area (Å²) >= 11 is 0. The maximum absolute atomic E-state index is 13.3. The number of hydrogen-bond donors (Lipinski definition) is 2. The van der Waals surface area contributed by atoms with E-state index in [1.54, 1.807) is 6.92 Å². The van der Waals surface area contributed by atoms with Gasteiger partial charge in [0.05, 0.1) is 37.4 Å². The minimum atomic E-state index is -1.46. The van der Waals surface area contributed by atoms with Crippen molar-refractivity contribution in [1.29, 1.82) is 0 Å². The highest BCUT2D eigenvalue weighted by Gasteiger charge is 2.79. The van der Waals surface area contributed by atoms with E-state index >= 15 is 0 Å². The van der Waals surface area contributed by atoms with Crippen molar-refractivity contribution < 1.29 is 43.5 Å². The SMILES string of the molecule is COC(=O)C1=CC(C)C[C@@]2(O)C3CCC4(C)C(CC[C@@]5(C(C)O)COC[C@@H]45)C3(C)C(OC(C)=O)[C@H](OC(C)=O)[C@@]12C. The summed E-state index contributed by atoms with van der Waals surface area (Å²) in [6, 6.07) is 0. The summed E-state index contributed by atoms with van der Waals surface area (Å²) in [6.45, 7) is 13.6. The summed E-state index contributed by atoms with van der Waals surface area (Å²) in [5, 5.41) is 24.1. The first-order valence-electron chi connectivity index (χ1n) is 15.2. The number of ether oxygens (including phenoxy) is 4. The molecule has 12 atom stereocenters. The zero-order valence-corrected chi connectivity index (χ0v) is 25.8. The third kappa shape index (κ3) is 3.86. The van der Waals surface area contributed by atoms with Crippen LogP contribution in [0.4, 0.5) is 0 Å². The molecular weight excluding hydrogens is 528 g/mol. The van der Waals surface area contributed by atoms with Crippen molar-refractivity contribution in [2.24, 2.45) is 45.3 Å². The van der Waals surface area contributed by atoms with Crippen molar-refractivity contribution in [3.63, 3.8) is 0 Å². The molecule has 1 saturated heterocycles. The van der Waals surface area contributed by atoms with E-state index in [4.69, 9.17) is 18.9 Å². The van der Waals surface area contributed by atoms with Gasteiger partial charge >= 0.3 is 17.9 Å². The first kappa shape index (κ1) is 30.5. The molecule has 5 aliphatic rings. The normalized spacial score (nSPS) is 49.3. The van der Waals surface area contributed by atoms with Crippen molar-refractivity contribution >= 4 is 17.9 Å². The highest BCUT2D eigenvalue weighted by Crippen LogP contribution is 2.75. The predicted molar refractivity (Wildman–Crippen MR) is 148 cm³/mol. The molecule has 0 aromatic heterocycles. The van der Waals surface area contributed by atoms with Crippen LogP contribution in [0.25, 0.3) is 0 Å². The predicted octanol–water partition coefficient (Wildman–Crippen LogP) is 3.59. The number of hydrogen-bond acceptors (Lipinski definition) is 9. The van der Waals surface area contributed by atoms with Gasteiger partial charge in [0, 0.05) is 30.3 Å². The van der Waals surface area contributed by atoms with Crippen LogP contribution < -0.4 is 0 Å². The molecule has 0 aromatic carbocycles. The maximum Gasteiger partial charge on any atom is 0.334 e. The third-order valence-electron chi connectivity index (χ3n) is 12.7. The van der Waals surface area contributed by atoms with Gasteiger partial charge in [0.2, 0.25) is 0 Å². The van der Waals surface area contributed by atoms with Gasteiger partial charge in [0.15, 0.2) is 6.10 Å². The average Bonchev–Trinajstić information content (AvgIpc) is 3.34. The quantitative estimate of drug-likeness (QED) is 0.381. The second-order valence-electron chi connectivity index (χ2n) is 14.5. The fraction of sp³-hybridized carbons (Fsp3) is 0.844. The van der Waals surface area contributed by atoms with E-state index in [2.05, 4.69) is 13.8 Å². The van der Waals surface area contributed by atoms with E-state index < -0.39 is 52.7 Å². The average molecular weight is 577 g/mol. The Hall–Kier alpha value is -1.97. The number of aliphatic hydroxyl groups is 2. The Morgan fingerprint density at radius 1 is 1.00 bits per heavy atom. The third-order valence-corrected chi connectivity index (χ3v) is 12.7. The lowest BCUT2D eigenvalue weighted by molar-refractivity contribution is -0.322. The molecule has 0 amide bonds. The van der Waals surface area contributed by atoms with Crippen LogP contribution in [0.2, 0.25) is 0 Å². The number of carbonyl (C=O) groups is 3. The second-order valence-corrected chi connectivity index (χ2v) is 14.5. The van der Waals surface area contributed by atoms with Gasteiger partial charge in [-0.1, -0.05) is 26.8 Å². The van der Waals surface area contributed by atoms with Gasteiger partial charge in [-0.2, -0.15) is 0 Å². The molecule has 9 heteroatoms. The highest BCUT2D eigenvalue weighted by atomic mass is 16.6. The summed E-state index contributed by atoms with van der Waals surface area (Å²) in [4.78, 5) is 38.9. The van der Waals surface area contributed by atoms with E-state index in [-0.39, 0.29) is 40.1 Å². The summed E-state index contributed by atoms with van der Waals surface area (Å²) in [5.41, 5.74) is -4.05. The van der Waals surface area contributed by atoms with Crippen molar-refractivity contribution in [2.45, 2.75) is 104 Å². The number of allylic oxidation sites excluding steroid dienone is 1. The van der Waals surface area contributed by atoms with Crippen LogP contribution in [-0.4, -0.2) is 72.4 Å². The van der Waals surface area contributed by atoms with Gasteiger partial charge in [0.25, 0.3) is 0 Å². The number of carbonyl (C=O) groups excluding carboxylic acids is 3. The Bertz CT molecular complexity index is 1150. The molecule has 9 nitrogen and oxygen atoms in total. The lowest BCUT2D eigenvalue weighted by Crippen LogP contribution is -2.78. The molecule has 4 fully saturated rings. The van der Waals surface area contributed by atoms with Crippen LogP contribution >= 0.6 is 0 Å². The standard InChI is InChI=1S/C32H48O9/c1-17-13-21(27(36)38-8)30(7)26(41-20(4)35)25(40-19(3)34)29(6)22-10-12-31(18(2)33)16-39-15-24(31)28(22,5)11-9-23(29)32(30,37)14-17/h13,17-18,22-26,33,37H,9-12,14-16H2,1-8H3/t17?,18?,22?,23?,24-,25?,26-,28?,29?,30+,31-,32+/m0/s1. The second kappa shape index (κ2) is 9.78. The number of aliphatic hydroxyl groups excluding tert-OH is 1. The van der Waals surface area contributed by atoms with Gasteiger partial charge in [-0.05, 0) is 75.0 Å². The van der Waals surface area contributed by atoms with E-state index in [9.17, 15) is 24.6 Å². The molecule has 230 valence electrons. The van der Waals surface area contributed by atoms with E-state index in [1.165, 1.54) is 21.0 Å². The first-order valence-corrected chi connectivity index (χ1v) is 15.2. The fourth-order valence-corrected chi connectivity index (χ4v) is 11.0. The van der Waals surface area contributed by atoms with Gasteiger partial charge < -0.3 is 29.2 Å². The van der Waals surface area contributed by atoms with E-state index in [1.807, 2.05) is 19.9 Å². The lowest BCUT2D eigenvalue weighted by atomic mass is 9.33. The van der Waals surface area contributed by atoms with Crippen LogP contribution in [0, 0.1) is 45.3 Å². The number of methoxy groups -OCH3 is 1. The Labute approximate surface area is 243 Å². The molecule has 1 heterocycles. The smallest absolute Gasteiger partial charge is 0.334 e. The molecule has 4 aliphatic carbocycles. The molecule has 0 spiro atoms. The van der Waals surface area contributed by atoms with Crippen LogP contribution in [0.5, 0.6) is 0 Å². The monoisotopic (exact) mass is 576 g/mol. The van der Waals surface area contributed by atoms with E-state index in [0.29, 0.717) is 26.1 Å². The zero-order chi connectivity index (χ0) is 30.3. The van der Waals surface area contributed by atoms with Crippen LogP contribution in [0.1, 0.15) is 80.6 Å². The number of esters is 3. The molecule has 3 saturated carbocycles. The Morgan fingerprint density at radius 3 is 2.20 bits per heavy atom. The van der Waals surface area contributed by atoms with Crippen molar-refractivity contribution in [1.82, 2.24) is 0 Å². The zero-order valence-electron chi connectivity index (χ0n) is 25.8. The van der Waals surface area contributed by atoms with Crippen LogP contribution in [0.15, 0.2) is 11.6 Å². The molecule has 7 unspecified atom stereocenters. The van der Waals surface area contributed by atoms with Crippen LogP contribution in [0.3, 0.4) is 0 Å². The molecular formula is C32H48O9. The molecule has 0 aromatic rings. The molecule has 5 rings (SSSR count). The summed E-state index contributed by atoms with van der Waals surface area (Å²) < 4.78 is 23.6. The molecule has 0 radical (unpaired) electrons. The van der Waals surface area contributed by atoms with Gasteiger partial charge in [-0.3, -0.25) is 9.59 Å². The topological polar surface area (TPSA) is 129 Å². The minimum Gasteiger partial charge on any atom is -0.466 e. The summed E-state index contributed by atoms with van der Waals surface area (Å²) in [5.74, 6) is -2.16.